The van der Waals surface area contributed by atoms with Crippen molar-refractivity contribution in [3.63, 3.8) is 0 Å². The van der Waals surface area contributed by atoms with E-state index in [1.807, 2.05) is 61.1 Å². The van der Waals surface area contributed by atoms with Gasteiger partial charge in [-0.1, -0.05) is 12.1 Å². The van der Waals surface area contributed by atoms with Gasteiger partial charge in [-0.05, 0) is 36.4 Å². The summed E-state index contributed by atoms with van der Waals surface area (Å²) in [7, 11) is 0. The van der Waals surface area contributed by atoms with E-state index in [9.17, 15) is 0 Å². The van der Waals surface area contributed by atoms with E-state index in [0.717, 1.165) is 37.3 Å². The zero-order chi connectivity index (χ0) is 16.2. The van der Waals surface area contributed by atoms with Crippen molar-refractivity contribution in [2.45, 2.75) is 0 Å². The molecular weight excluding hydrogens is 300 g/mol. The second-order valence-electron chi connectivity index (χ2n) is 5.63. The predicted molar refractivity (Wildman–Crippen MR) is 94.7 cm³/mol. The van der Waals surface area contributed by atoms with Crippen LogP contribution in [0.1, 0.15) is 0 Å². The topological polar surface area (TPSA) is 48.4 Å². The Morgan fingerprint density at radius 1 is 0.625 bits per heavy atom. The molecule has 1 fully saturated rings. The Bertz CT molecular complexity index is 651. The Kier molecular flexibility index (Phi) is 3.93. The minimum Gasteiger partial charge on any atom is -0.335 e. The fourth-order valence-corrected chi connectivity index (χ4v) is 2.83. The summed E-state index contributed by atoms with van der Waals surface area (Å²) in [5, 5.41) is 0. The van der Waals surface area contributed by atoms with E-state index in [0.29, 0.717) is 0 Å². The molecule has 3 aromatic heterocycles. The van der Waals surface area contributed by atoms with Crippen LogP contribution >= 0.6 is 0 Å². The maximum Gasteiger partial charge on any atom is 0.131 e. The lowest BCUT2D eigenvalue weighted by Gasteiger charge is -2.44. The number of hydrogen-bond acceptors (Lipinski definition) is 6. The molecule has 1 aliphatic heterocycles. The number of rotatable bonds is 3. The highest BCUT2D eigenvalue weighted by Crippen LogP contribution is 2.23. The van der Waals surface area contributed by atoms with E-state index < -0.39 is 0 Å². The van der Waals surface area contributed by atoms with Crippen LogP contribution in [0.4, 0.5) is 17.3 Å². The van der Waals surface area contributed by atoms with E-state index in [2.05, 4.69) is 35.7 Å². The summed E-state index contributed by atoms with van der Waals surface area (Å²) < 4.78 is 0. The summed E-state index contributed by atoms with van der Waals surface area (Å²) in [6.45, 7) is 2.25. The average Bonchev–Trinajstić information content (AvgIpc) is 2.70. The number of anilines is 3. The highest BCUT2D eigenvalue weighted by atomic mass is 15.5. The van der Waals surface area contributed by atoms with Gasteiger partial charge in [-0.2, -0.15) is 0 Å². The van der Waals surface area contributed by atoms with Gasteiger partial charge >= 0.3 is 0 Å². The van der Waals surface area contributed by atoms with Crippen molar-refractivity contribution in [1.82, 2.24) is 15.0 Å². The molecule has 3 aromatic rings. The van der Waals surface area contributed by atoms with Crippen molar-refractivity contribution in [3.8, 4) is 0 Å². The van der Waals surface area contributed by atoms with Crippen molar-refractivity contribution >= 4 is 17.3 Å². The monoisotopic (exact) mass is 318 g/mol. The smallest absolute Gasteiger partial charge is 0.131 e. The van der Waals surface area contributed by atoms with Crippen LogP contribution in [0, 0.1) is 0 Å². The standard InChI is InChI=1S/C18H18N6/c1-3-10-20-17(7-1)23-13-22(16-6-5-9-19-12-16)14-24(15-23)18-8-2-4-11-21-18/h1-12H,13-15H2. The first-order valence-corrected chi connectivity index (χ1v) is 7.87. The molecule has 0 aliphatic carbocycles. The molecule has 0 N–H and O–H groups in total. The van der Waals surface area contributed by atoms with E-state index >= 15 is 0 Å². The maximum absolute atomic E-state index is 4.50. The third-order valence-electron chi connectivity index (χ3n) is 3.98. The molecule has 1 aliphatic rings. The lowest BCUT2D eigenvalue weighted by Crippen LogP contribution is -2.56. The molecular formula is C18H18N6. The summed E-state index contributed by atoms with van der Waals surface area (Å²) in [5.41, 5.74) is 1.08. The molecule has 0 atom stereocenters. The molecule has 0 saturated carbocycles. The third kappa shape index (κ3) is 2.99. The normalized spacial score (nSPS) is 14.8. The number of pyridine rings is 3. The van der Waals surface area contributed by atoms with Crippen molar-refractivity contribution in [2.24, 2.45) is 0 Å². The summed E-state index contributed by atoms with van der Waals surface area (Å²) in [6, 6.07) is 16.0. The Morgan fingerprint density at radius 3 is 1.75 bits per heavy atom. The number of aromatic nitrogens is 3. The van der Waals surface area contributed by atoms with Gasteiger partial charge in [-0.3, -0.25) is 4.98 Å². The van der Waals surface area contributed by atoms with Crippen molar-refractivity contribution in [2.75, 3.05) is 34.7 Å². The molecule has 6 heteroatoms. The van der Waals surface area contributed by atoms with Gasteiger partial charge in [0.15, 0.2) is 0 Å². The fourth-order valence-electron chi connectivity index (χ4n) is 2.83. The second-order valence-corrected chi connectivity index (χ2v) is 5.63. The SMILES string of the molecule is c1ccc(N2CN(c3cccnc3)CN(c3ccccn3)C2)nc1. The van der Waals surface area contributed by atoms with Gasteiger partial charge in [0, 0.05) is 18.6 Å². The number of hydrogen-bond donors (Lipinski definition) is 0. The van der Waals surface area contributed by atoms with Crippen LogP contribution in [0.3, 0.4) is 0 Å². The van der Waals surface area contributed by atoms with Gasteiger partial charge in [0.2, 0.25) is 0 Å². The van der Waals surface area contributed by atoms with Crippen LogP contribution in [0.5, 0.6) is 0 Å². The van der Waals surface area contributed by atoms with E-state index in [-0.39, 0.29) is 0 Å². The first kappa shape index (κ1) is 14.4. The van der Waals surface area contributed by atoms with Crippen molar-refractivity contribution in [1.29, 1.82) is 0 Å². The summed E-state index contributed by atoms with van der Waals surface area (Å²) in [4.78, 5) is 20.0. The summed E-state index contributed by atoms with van der Waals surface area (Å²) >= 11 is 0. The number of nitrogens with zero attached hydrogens (tertiary/aromatic N) is 6. The molecule has 6 nitrogen and oxygen atoms in total. The fraction of sp³-hybridized carbons (Fsp3) is 0.167. The summed E-state index contributed by atoms with van der Waals surface area (Å²) in [5.74, 6) is 1.90. The van der Waals surface area contributed by atoms with Crippen LogP contribution in [-0.4, -0.2) is 35.0 Å². The Labute approximate surface area is 141 Å². The van der Waals surface area contributed by atoms with Crippen molar-refractivity contribution in [3.05, 3.63) is 73.3 Å². The highest BCUT2D eigenvalue weighted by Gasteiger charge is 2.25. The highest BCUT2D eigenvalue weighted by molar-refractivity contribution is 5.53. The molecule has 0 radical (unpaired) electrons. The first-order chi connectivity index (χ1) is 11.9. The lowest BCUT2D eigenvalue weighted by molar-refractivity contribution is 0.600. The van der Waals surface area contributed by atoms with Gasteiger partial charge in [-0.25, -0.2) is 9.97 Å². The van der Waals surface area contributed by atoms with E-state index in [1.165, 1.54) is 0 Å². The largest absolute Gasteiger partial charge is 0.335 e. The Morgan fingerprint density at radius 2 is 1.25 bits per heavy atom. The average molecular weight is 318 g/mol. The van der Waals surface area contributed by atoms with E-state index in [4.69, 9.17) is 0 Å². The molecule has 4 heterocycles. The molecule has 1 saturated heterocycles. The van der Waals surface area contributed by atoms with Crippen LogP contribution in [-0.2, 0) is 0 Å². The van der Waals surface area contributed by atoms with Gasteiger partial charge in [0.1, 0.15) is 11.6 Å². The predicted octanol–water partition coefficient (Wildman–Crippen LogP) is 2.58. The minimum absolute atomic E-state index is 0.741. The van der Waals surface area contributed by atoms with Gasteiger partial charge in [0.05, 0.1) is 31.9 Å². The quantitative estimate of drug-likeness (QED) is 0.740. The Hall–Kier alpha value is -3.15. The molecule has 4 rings (SSSR count). The van der Waals surface area contributed by atoms with Crippen LogP contribution < -0.4 is 14.7 Å². The van der Waals surface area contributed by atoms with Crippen LogP contribution in [0.15, 0.2) is 73.3 Å². The zero-order valence-corrected chi connectivity index (χ0v) is 13.2. The van der Waals surface area contributed by atoms with Crippen molar-refractivity contribution < 1.29 is 0 Å². The van der Waals surface area contributed by atoms with Gasteiger partial charge < -0.3 is 14.7 Å². The molecule has 0 amide bonds. The maximum atomic E-state index is 4.50. The minimum atomic E-state index is 0.741. The zero-order valence-electron chi connectivity index (χ0n) is 13.2. The molecule has 24 heavy (non-hydrogen) atoms. The van der Waals surface area contributed by atoms with Gasteiger partial charge in [-0.15, -0.1) is 0 Å². The van der Waals surface area contributed by atoms with Crippen LogP contribution in [0.25, 0.3) is 0 Å². The third-order valence-corrected chi connectivity index (χ3v) is 3.98. The molecule has 0 unspecified atom stereocenters. The van der Waals surface area contributed by atoms with E-state index in [1.54, 1.807) is 6.20 Å². The Balaban J connectivity index is 1.66. The molecule has 0 spiro atoms. The summed E-state index contributed by atoms with van der Waals surface area (Å²) in [6.07, 6.45) is 7.33. The molecule has 0 aromatic carbocycles. The van der Waals surface area contributed by atoms with Crippen LogP contribution in [0.2, 0.25) is 0 Å². The second kappa shape index (κ2) is 6.54. The molecule has 0 bridgehead atoms. The molecule has 120 valence electrons. The first-order valence-electron chi connectivity index (χ1n) is 7.87. The lowest BCUT2D eigenvalue weighted by atomic mass is 10.3. The van der Waals surface area contributed by atoms with Gasteiger partial charge in [0.25, 0.3) is 0 Å².